The Morgan fingerprint density at radius 1 is 1.16 bits per heavy atom. The van der Waals surface area contributed by atoms with Crippen molar-refractivity contribution in [3.63, 3.8) is 0 Å². The van der Waals surface area contributed by atoms with Gasteiger partial charge in [-0.15, -0.1) is 0 Å². The second-order valence-electron chi connectivity index (χ2n) is 7.06. The maximum atomic E-state index is 11.2. The smallest absolute Gasteiger partial charge is 0.229 e. The Bertz CT molecular complexity index is 632. The molecule has 0 amide bonds. The highest BCUT2D eigenvalue weighted by Gasteiger charge is 2.15. The van der Waals surface area contributed by atoms with Crippen molar-refractivity contribution in [1.82, 2.24) is 4.90 Å². The van der Waals surface area contributed by atoms with Gasteiger partial charge in [-0.2, -0.15) is 0 Å². The largest absolute Gasteiger partial charge is 0.303 e. The second-order valence-corrected chi connectivity index (χ2v) is 8.81. The van der Waals surface area contributed by atoms with Crippen molar-refractivity contribution in [3.05, 3.63) is 35.9 Å². The molecular weight excluding hydrogens is 332 g/mol. The molecule has 1 saturated carbocycles. The van der Waals surface area contributed by atoms with Crippen LogP contribution in [0.25, 0.3) is 6.08 Å². The van der Waals surface area contributed by atoms with Gasteiger partial charge in [-0.1, -0.05) is 56.9 Å². The molecule has 1 fully saturated rings. The van der Waals surface area contributed by atoms with Crippen LogP contribution in [-0.2, 0) is 10.0 Å². The van der Waals surface area contributed by atoms with Gasteiger partial charge in [0.25, 0.3) is 0 Å². The average Bonchev–Trinajstić information content (AvgIpc) is 3.08. The van der Waals surface area contributed by atoms with Gasteiger partial charge >= 0.3 is 0 Å². The van der Waals surface area contributed by atoms with E-state index in [-0.39, 0.29) is 0 Å². The van der Waals surface area contributed by atoms with Crippen LogP contribution >= 0.6 is 0 Å². The van der Waals surface area contributed by atoms with E-state index in [1.165, 1.54) is 38.6 Å². The average molecular weight is 365 g/mol. The first kappa shape index (κ1) is 20.0. The Kier molecular flexibility index (Phi) is 7.97. The Balaban J connectivity index is 1.71. The Morgan fingerprint density at radius 2 is 1.84 bits per heavy atom. The molecule has 0 bridgehead atoms. The van der Waals surface area contributed by atoms with Gasteiger partial charge in [0.2, 0.25) is 10.0 Å². The summed E-state index contributed by atoms with van der Waals surface area (Å²) >= 11 is 0. The molecule has 0 radical (unpaired) electrons. The number of nitrogens with one attached hydrogen (secondary N) is 1. The minimum atomic E-state index is -3.21. The summed E-state index contributed by atoms with van der Waals surface area (Å²) in [7, 11) is -3.21. The van der Waals surface area contributed by atoms with Crippen molar-refractivity contribution >= 4 is 21.8 Å². The van der Waals surface area contributed by atoms with E-state index in [1.807, 2.05) is 12.1 Å². The van der Waals surface area contributed by atoms with Crippen LogP contribution in [0.3, 0.4) is 0 Å². The number of hydrogen-bond donors (Lipinski definition) is 1. The van der Waals surface area contributed by atoms with E-state index in [0.29, 0.717) is 5.69 Å². The summed E-state index contributed by atoms with van der Waals surface area (Å²) in [5, 5.41) is 0. The molecule has 1 aromatic rings. The van der Waals surface area contributed by atoms with E-state index in [4.69, 9.17) is 0 Å². The first-order valence-corrected chi connectivity index (χ1v) is 11.3. The molecule has 140 valence electrons. The molecule has 0 saturated heterocycles. The molecule has 1 aliphatic rings. The zero-order valence-corrected chi connectivity index (χ0v) is 16.4. The molecule has 2 rings (SSSR count). The second kappa shape index (κ2) is 9.97. The number of sulfonamides is 1. The molecule has 1 aliphatic carbocycles. The number of nitrogens with zero attached hydrogens (tertiary/aromatic N) is 1. The van der Waals surface area contributed by atoms with Crippen LogP contribution in [-0.4, -0.2) is 39.2 Å². The lowest BCUT2D eigenvalue weighted by Crippen LogP contribution is -2.26. The van der Waals surface area contributed by atoms with Gasteiger partial charge in [0.15, 0.2) is 0 Å². The number of rotatable bonds is 10. The summed E-state index contributed by atoms with van der Waals surface area (Å²) in [4.78, 5) is 2.54. The topological polar surface area (TPSA) is 49.4 Å². The molecular formula is C20H32N2O2S. The van der Waals surface area contributed by atoms with Crippen molar-refractivity contribution in [1.29, 1.82) is 0 Å². The summed E-state index contributed by atoms with van der Waals surface area (Å²) < 4.78 is 24.9. The van der Waals surface area contributed by atoms with Gasteiger partial charge in [-0.05, 0) is 49.5 Å². The van der Waals surface area contributed by atoms with E-state index in [0.717, 1.165) is 37.2 Å². The summed E-state index contributed by atoms with van der Waals surface area (Å²) in [5.41, 5.74) is 1.69. The van der Waals surface area contributed by atoms with Gasteiger partial charge in [0.1, 0.15) is 0 Å². The monoisotopic (exact) mass is 364 g/mol. The zero-order chi connectivity index (χ0) is 18.1. The van der Waals surface area contributed by atoms with Gasteiger partial charge in [-0.25, -0.2) is 8.42 Å². The maximum Gasteiger partial charge on any atom is 0.229 e. The van der Waals surface area contributed by atoms with Crippen LogP contribution in [0, 0.1) is 5.92 Å². The Labute approximate surface area is 153 Å². The standard InChI is InChI=1S/C20H32N2O2S/c1-3-22(17-15-18-8-4-5-9-18)16-7-6-10-19-11-13-20(14-12-19)21-25(2,23)24/h6,10-14,18,21H,3-5,7-9,15-17H2,1-2H3/b10-6+. The quantitative estimate of drug-likeness (QED) is 0.671. The Morgan fingerprint density at radius 3 is 2.44 bits per heavy atom. The molecule has 0 heterocycles. The lowest BCUT2D eigenvalue weighted by atomic mass is 10.0. The third-order valence-corrected chi connectivity index (χ3v) is 5.52. The summed E-state index contributed by atoms with van der Waals surface area (Å²) in [6, 6.07) is 7.45. The first-order chi connectivity index (χ1) is 12.0. The van der Waals surface area contributed by atoms with Gasteiger partial charge in [0.05, 0.1) is 6.26 Å². The van der Waals surface area contributed by atoms with Crippen LogP contribution in [0.15, 0.2) is 30.3 Å². The SMILES string of the molecule is CCN(CC/C=C/c1ccc(NS(C)(=O)=O)cc1)CCC1CCCC1. The fourth-order valence-corrected chi connectivity index (χ4v) is 4.01. The predicted octanol–water partition coefficient (Wildman–Crippen LogP) is 4.36. The molecule has 0 unspecified atom stereocenters. The summed E-state index contributed by atoms with van der Waals surface area (Å²) in [5.74, 6) is 0.962. The fraction of sp³-hybridized carbons (Fsp3) is 0.600. The van der Waals surface area contributed by atoms with Gasteiger partial charge in [0, 0.05) is 12.2 Å². The minimum absolute atomic E-state index is 0.601. The van der Waals surface area contributed by atoms with Crippen LogP contribution in [0.5, 0.6) is 0 Å². The predicted molar refractivity (Wildman–Crippen MR) is 107 cm³/mol. The van der Waals surface area contributed by atoms with E-state index >= 15 is 0 Å². The first-order valence-electron chi connectivity index (χ1n) is 9.43. The summed E-state index contributed by atoms with van der Waals surface area (Å²) in [6.07, 6.45) is 13.6. The molecule has 1 N–H and O–H groups in total. The van der Waals surface area contributed by atoms with Crippen molar-refractivity contribution in [3.8, 4) is 0 Å². The van der Waals surface area contributed by atoms with Crippen molar-refractivity contribution in [2.24, 2.45) is 5.92 Å². The van der Waals surface area contributed by atoms with Crippen LogP contribution in [0.1, 0.15) is 51.0 Å². The number of hydrogen-bond acceptors (Lipinski definition) is 3. The molecule has 25 heavy (non-hydrogen) atoms. The minimum Gasteiger partial charge on any atom is -0.303 e. The molecule has 5 heteroatoms. The van der Waals surface area contributed by atoms with Crippen LogP contribution < -0.4 is 4.72 Å². The number of anilines is 1. The maximum absolute atomic E-state index is 11.2. The number of benzene rings is 1. The molecule has 0 atom stereocenters. The van der Waals surface area contributed by atoms with Crippen LogP contribution in [0.2, 0.25) is 0 Å². The van der Waals surface area contributed by atoms with Gasteiger partial charge in [-0.3, -0.25) is 4.72 Å². The highest BCUT2D eigenvalue weighted by Crippen LogP contribution is 2.27. The highest BCUT2D eigenvalue weighted by atomic mass is 32.2. The molecule has 0 spiro atoms. The third-order valence-electron chi connectivity index (χ3n) is 4.91. The van der Waals surface area contributed by atoms with E-state index in [9.17, 15) is 8.42 Å². The lowest BCUT2D eigenvalue weighted by molar-refractivity contribution is 0.268. The van der Waals surface area contributed by atoms with Crippen LogP contribution in [0.4, 0.5) is 5.69 Å². The van der Waals surface area contributed by atoms with E-state index < -0.39 is 10.0 Å². The molecule has 0 aromatic heterocycles. The van der Waals surface area contributed by atoms with Crippen molar-refractivity contribution in [2.45, 2.75) is 45.4 Å². The zero-order valence-electron chi connectivity index (χ0n) is 15.6. The molecule has 1 aromatic carbocycles. The highest BCUT2D eigenvalue weighted by molar-refractivity contribution is 7.92. The van der Waals surface area contributed by atoms with Crippen molar-refractivity contribution in [2.75, 3.05) is 30.6 Å². The normalized spacial score (nSPS) is 16.1. The molecule has 4 nitrogen and oxygen atoms in total. The molecule has 0 aliphatic heterocycles. The van der Waals surface area contributed by atoms with E-state index in [1.54, 1.807) is 12.1 Å². The Hall–Kier alpha value is -1.33. The van der Waals surface area contributed by atoms with Crippen molar-refractivity contribution < 1.29 is 8.42 Å². The fourth-order valence-electron chi connectivity index (χ4n) is 3.45. The van der Waals surface area contributed by atoms with E-state index in [2.05, 4.69) is 28.7 Å². The third kappa shape index (κ3) is 8.06. The lowest BCUT2D eigenvalue weighted by Gasteiger charge is -2.21. The van der Waals surface area contributed by atoms with Gasteiger partial charge < -0.3 is 4.90 Å². The summed E-state index contributed by atoms with van der Waals surface area (Å²) in [6.45, 7) is 5.69.